The number of halogens is 3. The molecule has 0 radical (unpaired) electrons. The van der Waals surface area contributed by atoms with Gasteiger partial charge in [0.05, 0.1) is 20.8 Å². The van der Waals surface area contributed by atoms with E-state index < -0.39 is 12.1 Å². The molecule has 0 saturated carbocycles. The van der Waals surface area contributed by atoms with E-state index in [0.717, 1.165) is 0 Å². The van der Waals surface area contributed by atoms with Gasteiger partial charge in [0, 0.05) is 17.7 Å². The summed E-state index contributed by atoms with van der Waals surface area (Å²) in [6.45, 7) is 1.24. The Labute approximate surface area is 165 Å². The first-order valence-electron chi connectivity index (χ1n) is 8.95. The van der Waals surface area contributed by atoms with E-state index in [2.05, 4.69) is 15.5 Å². The normalized spacial score (nSPS) is 15.9. The highest BCUT2D eigenvalue weighted by molar-refractivity contribution is 5.92. The second-order valence-electron chi connectivity index (χ2n) is 6.61. The topological polar surface area (TPSA) is 89.7 Å². The lowest BCUT2D eigenvalue weighted by Gasteiger charge is -2.29. The summed E-state index contributed by atoms with van der Waals surface area (Å²) < 4.78 is 52.9. The van der Waals surface area contributed by atoms with Crippen LogP contribution < -0.4 is 14.8 Å². The number of amides is 1. The van der Waals surface area contributed by atoms with E-state index in [1.807, 2.05) is 4.90 Å². The first-order valence-corrected chi connectivity index (χ1v) is 8.95. The highest BCUT2D eigenvalue weighted by Crippen LogP contribution is 2.33. The second-order valence-corrected chi connectivity index (χ2v) is 6.61. The Hall–Kier alpha value is -2.82. The molecule has 11 heteroatoms. The van der Waals surface area contributed by atoms with Crippen LogP contribution in [0.2, 0.25) is 0 Å². The number of ether oxygens (including phenoxy) is 2. The molecule has 1 amide bonds. The molecular formula is C18H21F3N4O4. The van der Waals surface area contributed by atoms with Gasteiger partial charge >= 0.3 is 12.1 Å². The van der Waals surface area contributed by atoms with E-state index >= 15 is 0 Å². The van der Waals surface area contributed by atoms with Crippen molar-refractivity contribution in [2.45, 2.75) is 24.9 Å². The Morgan fingerprint density at radius 3 is 2.48 bits per heavy atom. The minimum Gasteiger partial charge on any atom is -0.493 e. The number of hydrogen-bond donors (Lipinski definition) is 1. The van der Waals surface area contributed by atoms with Crippen molar-refractivity contribution >= 4 is 11.6 Å². The fourth-order valence-electron chi connectivity index (χ4n) is 3.17. The molecule has 8 nitrogen and oxygen atoms in total. The highest BCUT2D eigenvalue weighted by Gasteiger charge is 2.39. The summed E-state index contributed by atoms with van der Waals surface area (Å²) in [7, 11) is 3.03. The standard InChI is InChI=1S/C18H21F3N4O4/c1-27-13-4-3-12(9-14(13)28-2)22-15(26)10-25-7-5-11(6-8-25)16-23-24-17(29-16)18(19,20)21/h3-4,9,11H,5-8,10H2,1-2H3,(H,22,26). The number of piperidine rings is 1. The molecule has 1 N–H and O–H groups in total. The van der Waals surface area contributed by atoms with Gasteiger partial charge in [-0.25, -0.2) is 0 Å². The van der Waals surface area contributed by atoms with Crippen molar-refractivity contribution in [1.29, 1.82) is 0 Å². The zero-order valence-corrected chi connectivity index (χ0v) is 16.0. The van der Waals surface area contributed by atoms with Gasteiger partial charge < -0.3 is 19.2 Å². The molecule has 0 aliphatic carbocycles. The number of benzene rings is 1. The van der Waals surface area contributed by atoms with Gasteiger partial charge in [-0.3, -0.25) is 9.69 Å². The van der Waals surface area contributed by atoms with Gasteiger partial charge in [-0.1, -0.05) is 0 Å². The summed E-state index contributed by atoms with van der Waals surface area (Å²) in [5.74, 6) is -0.723. The number of rotatable bonds is 6. The quantitative estimate of drug-likeness (QED) is 0.777. The van der Waals surface area contributed by atoms with Crippen molar-refractivity contribution in [3.05, 3.63) is 30.0 Å². The van der Waals surface area contributed by atoms with E-state index in [0.29, 0.717) is 43.1 Å². The van der Waals surface area contributed by atoms with E-state index in [-0.39, 0.29) is 24.3 Å². The lowest BCUT2D eigenvalue weighted by atomic mass is 9.97. The molecule has 0 atom stereocenters. The molecule has 1 aromatic heterocycles. The number of hydrogen-bond acceptors (Lipinski definition) is 7. The predicted octanol–water partition coefficient (Wildman–Crippen LogP) is 2.92. The molecule has 2 aromatic rings. The summed E-state index contributed by atoms with van der Waals surface area (Å²) in [5, 5.41) is 9.38. The molecule has 1 aliphatic heterocycles. The highest BCUT2D eigenvalue weighted by atomic mass is 19.4. The van der Waals surface area contributed by atoms with Crippen molar-refractivity contribution in [1.82, 2.24) is 15.1 Å². The average Bonchev–Trinajstić information content (AvgIpc) is 3.19. The monoisotopic (exact) mass is 414 g/mol. The van der Waals surface area contributed by atoms with Crippen LogP contribution in [0.3, 0.4) is 0 Å². The van der Waals surface area contributed by atoms with Gasteiger partial charge in [-0.2, -0.15) is 13.2 Å². The van der Waals surface area contributed by atoms with E-state index in [9.17, 15) is 18.0 Å². The van der Waals surface area contributed by atoms with Crippen LogP contribution in [0.25, 0.3) is 0 Å². The van der Waals surface area contributed by atoms with Gasteiger partial charge in [-0.05, 0) is 38.1 Å². The SMILES string of the molecule is COc1ccc(NC(=O)CN2CCC(c3nnc(C(F)(F)F)o3)CC2)cc1OC. The van der Waals surface area contributed by atoms with Crippen LogP contribution in [0, 0.1) is 0 Å². The molecule has 1 fully saturated rings. The molecular weight excluding hydrogens is 393 g/mol. The minimum absolute atomic E-state index is 0.00763. The molecule has 3 rings (SSSR count). The summed E-state index contributed by atoms with van der Waals surface area (Å²) in [6.07, 6.45) is -3.58. The average molecular weight is 414 g/mol. The van der Waals surface area contributed by atoms with Gasteiger partial charge in [-0.15, -0.1) is 10.2 Å². The number of anilines is 1. The molecule has 0 spiro atoms. The van der Waals surface area contributed by atoms with Gasteiger partial charge in [0.15, 0.2) is 11.5 Å². The maximum Gasteiger partial charge on any atom is 0.470 e. The van der Waals surface area contributed by atoms with Crippen LogP contribution in [0.1, 0.15) is 30.5 Å². The number of likely N-dealkylation sites (tertiary alicyclic amines) is 1. The molecule has 1 aliphatic rings. The molecule has 2 heterocycles. The largest absolute Gasteiger partial charge is 0.493 e. The van der Waals surface area contributed by atoms with E-state index in [1.54, 1.807) is 18.2 Å². The summed E-state index contributed by atoms with van der Waals surface area (Å²) in [6, 6.07) is 5.07. The third-order valence-electron chi connectivity index (χ3n) is 4.65. The number of nitrogens with zero attached hydrogens (tertiary/aromatic N) is 3. The maximum absolute atomic E-state index is 12.6. The minimum atomic E-state index is -4.64. The molecule has 0 unspecified atom stereocenters. The van der Waals surface area contributed by atoms with E-state index in [1.165, 1.54) is 14.2 Å². The third kappa shape index (κ3) is 5.17. The maximum atomic E-state index is 12.6. The molecule has 158 valence electrons. The summed E-state index contributed by atoms with van der Waals surface area (Å²) in [5.41, 5.74) is 0.577. The van der Waals surface area contributed by atoms with Crippen molar-refractivity contribution in [3.63, 3.8) is 0 Å². The molecule has 0 bridgehead atoms. The number of nitrogens with one attached hydrogen (secondary N) is 1. The Bertz CT molecular complexity index is 848. The van der Waals surface area contributed by atoms with Crippen LogP contribution in [0.4, 0.5) is 18.9 Å². The van der Waals surface area contributed by atoms with Gasteiger partial charge in [0.2, 0.25) is 11.8 Å². The van der Waals surface area contributed by atoms with Crippen LogP contribution in [-0.2, 0) is 11.0 Å². The fraction of sp³-hybridized carbons (Fsp3) is 0.500. The van der Waals surface area contributed by atoms with Crippen molar-refractivity contribution in [2.24, 2.45) is 0 Å². The first kappa shape index (κ1) is 20.9. The Morgan fingerprint density at radius 2 is 1.90 bits per heavy atom. The first-order chi connectivity index (χ1) is 13.8. The van der Waals surface area contributed by atoms with E-state index in [4.69, 9.17) is 13.9 Å². The number of alkyl halides is 3. The lowest BCUT2D eigenvalue weighted by molar-refractivity contribution is -0.157. The predicted molar refractivity (Wildman–Crippen MR) is 95.9 cm³/mol. The Morgan fingerprint density at radius 1 is 1.21 bits per heavy atom. The number of methoxy groups -OCH3 is 2. The Kier molecular flexibility index (Phi) is 6.26. The number of carbonyl (C=O) groups is 1. The second kappa shape index (κ2) is 8.68. The Balaban J connectivity index is 1.50. The third-order valence-corrected chi connectivity index (χ3v) is 4.65. The fourth-order valence-corrected chi connectivity index (χ4v) is 3.17. The van der Waals surface area contributed by atoms with Gasteiger partial charge in [0.1, 0.15) is 0 Å². The number of carbonyl (C=O) groups excluding carboxylic acids is 1. The van der Waals surface area contributed by atoms with Gasteiger partial charge in [0.25, 0.3) is 0 Å². The smallest absolute Gasteiger partial charge is 0.470 e. The van der Waals surface area contributed by atoms with Crippen molar-refractivity contribution < 1.29 is 31.9 Å². The summed E-state index contributed by atoms with van der Waals surface area (Å²) >= 11 is 0. The van der Waals surface area contributed by atoms with Crippen LogP contribution >= 0.6 is 0 Å². The van der Waals surface area contributed by atoms with Crippen LogP contribution in [-0.4, -0.2) is 54.9 Å². The summed E-state index contributed by atoms with van der Waals surface area (Å²) in [4.78, 5) is 14.2. The van der Waals surface area contributed by atoms with Crippen molar-refractivity contribution in [3.8, 4) is 11.5 Å². The van der Waals surface area contributed by atoms with Crippen LogP contribution in [0.5, 0.6) is 11.5 Å². The molecule has 29 heavy (non-hydrogen) atoms. The van der Waals surface area contributed by atoms with Crippen LogP contribution in [0.15, 0.2) is 22.6 Å². The molecule has 1 saturated heterocycles. The number of aromatic nitrogens is 2. The zero-order valence-electron chi connectivity index (χ0n) is 16.0. The lowest BCUT2D eigenvalue weighted by Crippen LogP contribution is -2.38. The molecule has 1 aromatic carbocycles. The van der Waals surface area contributed by atoms with Crippen molar-refractivity contribution in [2.75, 3.05) is 39.2 Å². The zero-order chi connectivity index (χ0) is 21.0.